The van der Waals surface area contributed by atoms with Crippen molar-refractivity contribution >= 4 is 18.9 Å². The summed E-state index contributed by atoms with van der Waals surface area (Å²) in [6.07, 6.45) is 1.06. The molecule has 22 heavy (non-hydrogen) atoms. The molecule has 0 heterocycles. The Kier molecular flexibility index (Phi) is 9.99. The third-order valence-electron chi connectivity index (χ3n) is 2.53. The van der Waals surface area contributed by atoms with Gasteiger partial charge in [-0.25, -0.2) is 8.42 Å². The van der Waals surface area contributed by atoms with Crippen LogP contribution in [0.1, 0.15) is 6.42 Å². The third-order valence-corrected chi connectivity index (χ3v) is 5.93. The predicted octanol–water partition coefficient (Wildman–Crippen LogP) is 1.01. The van der Waals surface area contributed by atoms with E-state index in [1.165, 1.54) is 0 Å². The van der Waals surface area contributed by atoms with E-state index in [1.807, 2.05) is 0 Å². The fraction of sp³-hybridized carbons (Fsp3) is 1.00. The molecule has 0 aromatic rings. The van der Waals surface area contributed by atoms with Crippen LogP contribution in [-0.4, -0.2) is 80.8 Å². The van der Waals surface area contributed by atoms with Crippen molar-refractivity contribution in [3.05, 3.63) is 0 Å². The van der Waals surface area contributed by atoms with Crippen LogP contribution in [0.5, 0.6) is 0 Å². The molecular weight excluding hydrogens is 347 g/mol. The zero-order chi connectivity index (χ0) is 18.2. The van der Waals surface area contributed by atoms with Gasteiger partial charge in [-0.3, -0.25) is 0 Å². The number of quaternary nitrogens is 1. The Morgan fingerprint density at radius 1 is 1.05 bits per heavy atom. The van der Waals surface area contributed by atoms with Crippen LogP contribution in [-0.2, 0) is 23.4 Å². The molecule has 0 radical (unpaired) electrons. The molecule has 0 spiro atoms. The smallest absolute Gasteiger partial charge is 0.500 e. The van der Waals surface area contributed by atoms with E-state index in [2.05, 4.69) is 21.1 Å². The molecule has 0 rings (SSSR count). The first kappa shape index (κ1) is 24.0. The molecular formula is C10H24F3NO6SSi. The number of halogens is 3. The summed E-state index contributed by atoms with van der Waals surface area (Å²) in [4.78, 5) is 0. The van der Waals surface area contributed by atoms with E-state index in [0.29, 0.717) is 0 Å². The highest BCUT2D eigenvalue weighted by molar-refractivity contribution is 7.86. The molecule has 0 N–H and O–H groups in total. The number of hydrogen-bond acceptors (Lipinski definition) is 6. The second-order valence-electron chi connectivity index (χ2n) is 5.31. The van der Waals surface area contributed by atoms with Gasteiger partial charge in [-0.2, -0.15) is 13.2 Å². The molecule has 0 aliphatic heterocycles. The van der Waals surface area contributed by atoms with Crippen LogP contribution in [0.25, 0.3) is 0 Å². The Balaban J connectivity index is 0. The number of hydrogen-bond donors (Lipinski definition) is 0. The van der Waals surface area contributed by atoms with E-state index in [4.69, 9.17) is 26.2 Å². The maximum atomic E-state index is 10.7. The highest BCUT2D eigenvalue weighted by Gasteiger charge is 2.37. The van der Waals surface area contributed by atoms with Crippen LogP contribution in [0.15, 0.2) is 0 Å². The molecule has 0 aliphatic rings. The lowest BCUT2D eigenvalue weighted by Gasteiger charge is -2.27. The summed E-state index contributed by atoms with van der Waals surface area (Å²) >= 11 is 0. The Labute approximate surface area is 130 Å². The highest BCUT2D eigenvalue weighted by atomic mass is 32.2. The molecule has 7 nitrogen and oxygen atoms in total. The summed E-state index contributed by atoms with van der Waals surface area (Å²) < 4.78 is 75.9. The maximum Gasteiger partial charge on any atom is 0.500 e. The van der Waals surface area contributed by atoms with Gasteiger partial charge in [0, 0.05) is 33.8 Å². The van der Waals surface area contributed by atoms with E-state index in [9.17, 15) is 13.2 Å². The van der Waals surface area contributed by atoms with Gasteiger partial charge in [-0.15, -0.1) is 0 Å². The average Bonchev–Trinajstić information content (AvgIpc) is 2.32. The summed E-state index contributed by atoms with van der Waals surface area (Å²) in [5, 5.41) is 0. The van der Waals surface area contributed by atoms with Crippen molar-refractivity contribution in [1.29, 1.82) is 0 Å². The highest BCUT2D eigenvalue weighted by Crippen LogP contribution is 2.20. The number of alkyl halides is 3. The Hall–Kier alpha value is -0.243. The van der Waals surface area contributed by atoms with Crippen molar-refractivity contribution < 1.29 is 43.9 Å². The molecule has 0 unspecified atom stereocenters. The van der Waals surface area contributed by atoms with Crippen LogP contribution in [0.4, 0.5) is 13.2 Å². The van der Waals surface area contributed by atoms with Crippen molar-refractivity contribution in [2.45, 2.75) is 18.0 Å². The zero-order valence-electron chi connectivity index (χ0n) is 13.6. The minimum absolute atomic E-state index is 0.881. The molecule has 0 amide bonds. The van der Waals surface area contributed by atoms with Gasteiger partial charge in [0.2, 0.25) is 0 Å². The molecule has 0 bridgehead atoms. The van der Waals surface area contributed by atoms with Gasteiger partial charge in [0.1, 0.15) is 0 Å². The summed E-state index contributed by atoms with van der Waals surface area (Å²) in [5.74, 6) is 0. The van der Waals surface area contributed by atoms with Crippen molar-refractivity contribution in [2.75, 3.05) is 49.0 Å². The van der Waals surface area contributed by atoms with Crippen molar-refractivity contribution in [3.8, 4) is 0 Å². The minimum Gasteiger partial charge on any atom is -0.741 e. The van der Waals surface area contributed by atoms with E-state index in [1.54, 1.807) is 21.3 Å². The van der Waals surface area contributed by atoms with Gasteiger partial charge in [0.25, 0.3) is 0 Å². The van der Waals surface area contributed by atoms with E-state index >= 15 is 0 Å². The van der Waals surface area contributed by atoms with Crippen molar-refractivity contribution in [1.82, 2.24) is 0 Å². The molecule has 136 valence electrons. The second kappa shape index (κ2) is 9.15. The number of nitrogens with zero attached hydrogens (tertiary/aromatic N) is 1. The summed E-state index contributed by atoms with van der Waals surface area (Å²) in [6, 6.07) is 0.881. The van der Waals surface area contributed by atoms with Crippen LogP contribution in [0.3, 0.4) is 0 Å². The van der Waals surface area contributed by atoms with E-state index in [-0.39, 0.29) is 0 Å². The van der Waals surface area contributed by atoms with Gasteiger partial charge in [-0.1, -0.05) is 0 Å². The second-order valence-corrected chi connectivity index (χ2v) is 9.77. The molecule has 0 aromatic carbocycles. The van der Waals surface area contributed by atoms with Crippen LogP contribution >= 0.6 is 0 Å². The summed E-state index contributed by atoms with van der Waals surface area (Å²) in [7, 11) is 3.08. The minimum atomic E-state index is -6.09. The maximum absolute atomic E-state index is 10.7. The van der Waals surface area contributed by atoms with Crippen LogP contribution in [0.2, 0.25) is 6.04 Å². The van der Waals surface area contributed by atoms with Gasteiger partial charge in [-0.05, 0) is 0 Å². The first-order chi connectivity index (χ1) is 9.64. The first-order valence-electron chi connectivity index (χ1n) is 6.12. The lowest BCUT2D eigenvalue weighted by atomic mass is 10.4. The normalized spacial score (nSPS) is 13.5. The lowest BCUT2D eigenvalue weighted by Crippen LogP contribution is -2.44. The summed E-state index contributed by atoms with van der Waals surface area (Å²) in [6.45, 7) is 1.10. The average molecular weight is 371 g/mol. The quantitative estimate of drug-likeness (QED) is 0.287. The molecule has 0 aliphatic carbocycles. The van der Waals surface area contributed by atoms with Gasteiger partial charge in [0.05, 0.1) is 27.7 Å². The standard InChI is InChI=1S/C9H24NO3Si.CHF3O3S/c1-10(2,3)8-7-9-14(11-4,12-5)13-6;2-1(3,4)8(5,6)7/h7-9H2,1-6H3;(H,5,6,7)/q+1;/p-1. The van der Waals surface area contributed by atoms with Gasteiger partial charge in [0.15, 0.2) is 10.1 Å². The predicted molar refractivity (Wildman–Crippen MR) is 74.9 cm³/mol. The van der Waals surface area contributed by atoms with Gasteiger partial charge < -0.3 is 22.3 Å². The third kappa shape index (κ3) is 10.5. The molecule has 0 saturated heterocycles. The lowest BCUT2D eigenvalue weighted by molar-refractivity contribution is -0.870. The van der Waals surface area contributed by atoms with Gasteiger partial charge >= 0.3 is 14.3 Å². The molecule has 12 heteroatoms. The fourth-order valence-corrected chi connectivity index (χ4v) is 3.03. The Morgan fingerprint density at radius 2 is 1.36 bits per heavy atom. The number of rotatable bonds is 7. The SMILES string of the molecule is CO[Si](CCC[N+](C)(C)C)(OC)OC.O=S(=O)([O-])C(F)(F)F. The monoisotopic (exact) mass is 371 g/mol. The summed E-state index contributed by atoms with van der Waals surface area (Å²) in [5.41, 5.74) is -5.65. The topological polar surface area (TPSA) is 84.9 Å². The zero-order valence-corrected chi connectivity index (χ0v) is 15.4. The Morgan fingerprint density at radius 3 is 1.55 bits per heavy atom. The van der Waals surface area contributed by atoms with E-state index in [0.717, 1.165) is 23.5 Å². The molecule has 0 saturated carbocycles. The molecule has 0 aromatic heterocycles. The van der Waals surface area contributed by atoms with E-state index < -0.39 is 24.4 Å². The first-order valence-corrected chi connectivity index (χ1v) is 9.46. The van der Waals surface area contributed by atoms with Crippen LogP contribution in [0, 0.1) is 0 Å². The van der Waals surface area contributed by atoms with Crippen LogP contribution < -0.4 is 0 Å². The molecule has 0 fully saturated rings. The molecule has 0 atom stereocenters. The van der Waals surface area contributed by atoms with Crippen molar-refractivity contribution in [2.24, 2.45) is 0 Å². The Bertz CT molecular complexity index is 398. The van der Waals surface area contributed by atoms with Crippen molar-refractivity contribution in [3.63, 3.8) is 0 Å². The fourth-order valence-electron chi connectivity index (χ4n) is 1.33. The largest absolute Gasteiger partial charge is 0.741 e.